The van der Waals surface area contributed by atoms with Gasteiger partial charge in [0.2, 0.25) is 0 Å². The highest BCUT2D eigenvalue weighted by Crippen LogP contribution is 2.30. The summed E-state index contributed by atoms with van der Waals surface area (Å²) in [5, 5.41) is 1.08. The first kappa shape index (κ1) is 8.51. The minimum Gasteiger partial charge on any atom is -0.494 e. The number of thiazole rings is 1. The van der Waals surface area contributed by atoms with Gasteiger partial charge in [0.1, 0.15) is 11.3 Å². The van der Waals surface area contributed by atoms with Crippen LogP contribution in [0.4, 0.5) is 0 Å². The molecule has 0 fully saturated rings. The molecule has 2 rings (SSSR count). The Morgan fingerprint density at radius 2 is 2.08 bits per heavy atom. The van der Waals surface area contributed by atoms with Gasteiger partial charge >= 0.3 is 0 Å². The zero-order valence-corrected chi connectivity index (χ0v) is 8.73. The highest BCUT2D eigenvalue weighted by Gasteiger charge is 2.06. The minimum atomic E-state index is 0.874. The SMILES string of the molecule is COc1cc(C)cc2sc(C)nc12. The zero-order valence-electron chi connectivity index (χ0n) is 7.92. The predicted octanol–water partition coefficient (Wildman–Crippen LogP) is 2.92. The molecule has 1 aromatic carbocycles. The molecule has 13 heavy (non-hydrogen) atoms. The van der Waals surface area contributed by atoms with Crippen molar-refractivity contribution >= 4 is 21.6 Å². The first-order chi connectivity index (χ1) is 6.20. The molecule has 0 saturated heterocycles. The summed E-state index contributed by atoms with van der Waals surface area (Å²) < 4.78 is 6.47. The zero-order chi connectivity index (χ0) is 9.42. The molecule has 0 atom stereocenters. The highest BCUT2D eigenvalue weighted by atomic mass is 32.1. The number of aromatic nitrogens is 1. The first-order valence-corrected chi connectivity index (χ1v) is 4.94. The van der Waals surface area contributed by atoms with E-state index in [1.165, 1.54) is 10.3 Å². The largest absolute Gasteiger partial charge is 0.494 e. The van der Waals surface area contributed by atoms with Crippen LogP contribution in [0.25, 0.3) is 10.2 Å². The van der Waals surface area contributed by atoms with Crippen LogP contribution >= 0.6 is 11.3 Å². The van der Waals surface area contributed by atoms with Crippen molar-refractivity contribution < 1.29 is 4.74 Å². The van der Waals surface area contributed by atoms with Gasteiger partial charge in [0, 0.05) is 0 Å². The molecule has 3 heteroatoms. The van der Waals surface area contributed by atoms with Crippen molar-refractivity contribution in [1.29, 1.82) is 0 Å². The summed E-state index contributed by atoms with van der Waals surface area (Å²) >= 11 is 1.70. The normalized spacial score (nSPS) is 10.7. The Kier molecular flexibility index (Phi) is 1.96. The van der Waals surface area contributed by atoms with Gasteiger partial charge < -0.3 is 4.74 Å². The fraction of sp³-hybridized carbons (Fsp3) is 0.300. The Hall–Kier alpha value is -1.09. The van der Waals surface area contributed by atoms with Crippen LogP contribution in [0.3, 0.4) is 0 Å². The molecule has 1 heterocycles. The monoisotopic (exact) mass is 193 g/mol. The van der Waals surface area contributed by atoms with E-state index in [0.717, 1.165) is 16.3 Å². The summed E-state index contributed by atoms with van der Waals surface area (Å²) in [6.07, 6.45) is 0. The maximum absolute atomic E-state index is 5.27. The lowest BCUT2D eigenvalue weighted by atomic mass is 10.2. The molecule has 1 aromatic heterocycles. The molecule has 0 saturated carbocycles. The predicted molar refractivity (Wildman–Crippen MR) is 55.6 cm³/mol. The summed E-state index contributed by atoms with van der Waals surface area (Å²) in [6, 6.07) is 4.16. The van der Waals surface area contributed by atoms with Crippen LogP contribution in [-0.2, 0) is 0 Å². The average molecular weight is 193 g/mol. The van der Waals surface area contributed by atoms with E-state index in [-0.39, 0.29) is 0 Å². The molecule has 0 N–H and O–H groups in total. The van der Waals surface area contributed by atoms with Crippen molar-refractivity contribution in [3.8, 4) is 5.75 Å². The van der Waals surface area contributed by atoms with Crippen LogP contribution in [0.5, 0.6) is 5.75 Å². The Bertz CT molecular complexity index is 447. The van der Waals surface area contributed by atoms with Crippen LogP contribution in [-0.4, -0.2) is 12.1 Å². The number of ether oxygens (including phenoxy) is 1. The molecule has 0 bridgehead atoms. The summed E-state index contributed by atoms with van der Waals surface area (Å²) in [4.78, 5) is 4.42. The van der Waals surface area contributed by atoms with Crippen LogP contribution < -0.4 is 4.74 Å². The number of fused-ring (bicyclic) bond motifs is 1. The van der Waals surface area contributed by atoms with E-state index < -0.39 is 0 Å². The Morgan fingerprint density at radius 3 is 2.77 bits per heavy atom. The molecule has 0 spiro atoms. The molecule has 0 amide bonds. The van der Waals surface area contributed by atoms with Crippen LogP contribution in [0.2, 0.25) is 0 Å². The van der Waals surface area contributed by atoms with Gasteiger partial charge in [-0.15, -0.1) is 11.3 Å². The number of aryl methyl sites for hydroxylation is 2. The minimum absolute atomic E-state index is 0.874. The van der Waals surface area contributed by atoms with E-state index in [9.17, 15) is 0 Å². The van der Waals surface area contributed by atoms with Gasteiger partial charge in [-0.3, -0.25) is 0 Å². The third-order valence-corrected chi connectivity index (χ3v) is 2.85. The van der Waals surface area contributed by atoms with Crippen molar-refractivity contribution in [2.24, 2.45) is 0 Å². The fourth-order valence-electron chi connectivity index (χ4n) is 1.40. The van der Waals surface area contributed by atoms with Crippen molar-refractivity contribution in [3.63, 3.8) is 0 Å². The molecule has 0 unspecified atom stereocenters. The summed E-state index contributed by atoms with van der Waals surface area (Å²) in [6.45, 7) is 4.08. The quantitative estimate of drug-likeness (QED) is 0.694. The van der Waals surface area contributed by atoms with Crippen molar-refractivity contribution in [1.82, 2.24) is 4.98 Å². The van der Waals surface area contributed by atoms with Crippen molar-refractivity contribution in [3.05, 3.63) is 22.7 Å². The summed E-state index contributed by atoms with van der Waals surface area (Å²) in [5.74, 6) is 0.874. The second kappa shape index (κ2) is 3.00. The average Bonchev–Trinajstić information content (AvgIpc) is 2.43. The van der Waals surface area contributed by atoms with Gasteiger partial charge in [-0.25, -0.2) is 4.98 Å². The van der Waals surface area contributed by atoms with Gasteiger partial charge in [0.15, 0.2) is 0 Å². The number of rotatable bonds is 1. The molecule has 2 nitrogen and oxygen atoms in total. The molecule has 0 aliphatic carbocycles. The fourth-order valence-corrected chi connectivity index (χ4v) is 2.34. The number of hydrogen-bond acceptors (Lipinski definition) is 3. The van der Waals surface area contributed by atoms with Crippen LogP contribution in [0.1, 0.15) is 10.6 Å². The lowest BCUT2D eigenvalue weighted by Crippen LogP contribution is -1.85. The Labute approximate surface area is 81.2 Å². The lowest BCUT2D eigenvalue weighted by Gasteiger charge is -2.01. The second-order valence-electron chi connectivity index (χ2n) is 3.05. The van der Waals surface area contributed by atoms with E-state index in [2.05, 4.69) is 18.0 Å². The van der Waals surface area contributed by atoms with E-state index in [0.29, 0.717) is 0 Å². The molecular weight excluding hydrogens is 182 g/mol. The number of nitrogens with zero attached hydrogens (tertiary/aromatic N) is 1. The number of methoxy groups -OCH3 is 1. The molecule has 0 radical (unpaired) electrons. The number of hydrogen-bond donors (Lipinski definition) is 0. The van der Waals surface area contributed by atoms with Crippen LogP contribution in [0.15, 0.2) is 12.1 Å². The third-order valence-electron chi connectivity index (χ3n) is 1.93. The molecule has 0 aliphatic heterocycles. The third kappa shape index (κ3) is 1.40. The summed E-state index contributed by atoms with van der Waals surface area (Å²) in [7, 11) is 1.68. The topological polar surface area (TPSA) is 22.1 Å². The van der Waals surface area contributed by atoms with Gasteiger partial charge in [0.05, 0.1) is 16.8 Å². The molecule has 2 aromatic rings. The Balaban J connectivity index is 2.80. The first-order valence-electron chi connectivity index (χ1n) is 4.12. The lowest BCUT2D eigenvalue weighted by molar-refractivity contribution is 0.418. The highest BCUT2D eigenvalue weighted by molar-refractivity contribution is 7.18. The number of benzene rings is 1. The van der Waals surface area contributed by atoms with Gasteiger partial charge in [-0.2, -0.15) is 0 Å². The van der Waals surface area contributed by atoms with E-state index in [4.69, 9.17) is 4.74 Å². The Morgan fingerprint density at radius 1 is 1.31 bits per heavy atom. The van der Waals surface area contributed by atoms with Crippen molar-refractivity contribution in [2.75, 3.05) is 7.11 Å². The smallest absolute Gasteiger partial charge is 0.146 e. The second-order valence-corrected chi connectivity index (χ2v) is 4.28. The molecule has 0 aliphatic rings. The van der Waals surface area contributed by atoms with E-state index >= 15 is 0 Å². The van der Waals surface area contributed by atoms with Gasteiger partial charge in [0.25, 0.3) is 0 Å². The standard InChI is InChI=1S/C10H11NOS/c1-6-4-8(12-3)10-9(5-6)13-7(2)11-10/h4-5H,1-3H3. The van der Waals surface area contributed by atoms with Crippen molar-refractivity contribution in [2.45, 2.75) is 13.8 Å². The summed E-state index contributed by atoms with van der Waals surface area (Å²) in [5.41, 5.74) is 2.20. The van der Waals surface area contributed by atoms with E-state index in [1.54, 1.807) is 18.4 Å². The maximum Gasteiger partial charge on any atom is 0.146 e. The van der Waals surface area contributed by atoms with Gasteiger partial charge in [-0.1, -0.05) is 0 Å². The van der Waals surface area contributed by atoms with E-state index in [1.807, 2.05) is 13.0 Å². The van der Waals surface area contributed by atoms with Crippen LogP contribution in [0, 0.1) is 13.8 Å². The molecular formula is C10H11NOS. The molecule has 68 valence electrons. The maximum atomic E-state index is 5.27. The van der Waals surface area contributed by atoms with Gasteiger partial charge in [-0.05, 0) is 31.5 Å².